The van der Waals surface area contributed by atoms with Crippen molar-refractivity contribution >= 4 is 15.9 Å². The molecule has 0 radical (unpaired) electrons. The van der Waals surface area contributed by atoms with E-state index in [9.17, 15) is 17.6 Å². The minimum Gasteiger partial charge on any atom is -0.273 e. The van der Waals surface area contributed by atoms with Crippen LogP contribution in [0, 0.1) is 17.1 Å². The first-order valence-corrected chi connectivity index (χ1v) is 8.21. The van der Waals surface area contributed by atoms with Crippen molar-refractivity contribution in [3.05, 3.63) is 35.6 Å². The fourth-order valence-corrected chi connectivity index (χ4v) is 2.96. The third-order valence-corrected chi connectivity index (χ3v) is 4.29. The zero-order chi connectivity index (χ0) is 15.9. The zero-order valence-electron chi connectivity index (χ0n) is 11.7. The van der Waals surface area contributed by atoms with Gasteiger partial charge in [-0.15, -0.1) is 0 Å². The maximum Gasteiger partial charge on any atom is 0.240 e. The molecule has 0 spiro atoms. The van der Waals surface area contributed by atoms with Crippen molar-refractivity contribution < 1.29 is 17.6 Å². The third kappa shape index (κ3) is 5.52. The fourth-order valence-electron chi connectivity index (χ4n) is 1.88. The van der Waals surface area contributed by atoms with Crippen molar-refractivity contribution in [3.63, 3.8) is 0 Å². The van der Waals surface area contributed by atoms with Crippen molar-refractivity contribution in [2.75, 3.05) is 5.75 Å². The van der Waals surface area contributed by atoms with Gasteiger partial charge >= 0.3 is 0 Å². The topological polar surface area (TPSA) is 87.0 Å². The smallest absolute Gasteiger partial charge is 0.240 e. The lowest BCUT2D eigenvalue weighted by atomic mass is 9.96. The molecule has 0 aliphatic heterocycles. The molecule has 0 saturated heterocycles. The summed E-state index contributed by atoms with van der Waals surface area (Å²) in [6, 6.07) is 7.23. The third-order valence-electron chi connectivity index (χ3n) is 2.95. The second-order valence-corrected chi connectivity index (χ2v) is 6.40. The largest absolute Gasteiger partial charge is 0.273 e. The van der Waals surface area contributed by atoms with E-state index in [1.54, 1.807) is 6.92 Å². The van der Waals surface area contributed by atoms with Gasteiger partial charge in [-0.1, -0.05) is 19.1 Å². The molecule has 0 fully saturated rings. The summed E-state index contributed by atoms with van der Waals surface area (Å²) in [4.78, 5) is 12.1. The minimum atomic E-state index is -3.75. The van der Waals surface area contributed by atoms with Crippen LogP contribution in [0.4, 0.5) is 4.39 Å². The summed E-state index contributed by atoms with van der Waals surface area (Å²) < 4.78 is 38.3. The van der Waals surface area contributed by atoms with E-state index >= 15 is 0 Å². The van der Waals surface area contributed by atoms with Gasteiger partial charge in [-0.25, -0.2) is 12.8 Å². The Morgan fingerprint density at radius 3 is 2.52 bits per heavy atom. The number of benzene rings is 1. The quantitative estimate of drug-likeness (QED) is 0.781. The molecule has 5 nitrogen and oxygen atoms in total. The van der Waals surface area contributed by atoms with Crippen LogP contribution in [0.15, 0.2) is 24.3 Å². The van der Waals surface area contributed by atoms with Crippen LogP contribution in [-0.4, -0.2) is 20.1 Å². The summed E-state index contributed by atoms with van der Waals surface area (Å²) in [5.74, 6) is -1.98. The van der Waals surface area contributed by atoms with Gasteiger partial charge in [-0.2, -0.15) is 5.26 Å². The van der Waals surface area contributed by atoms with Crippen molar-refractivity contribution in [2.45, 2.75) is 32.1 Å². The van der Waals surface area contributed by atoms with E-state index in [1.165, 1.54) is 24.3 Å². The van der Waals surface area contributed by atoms with Crippen LogP contribution in [0.5, 0.6) is 0 Å². The highest BCUT2D eigenvalue weighted by Gasteiger charge is 2.23. The van der Waals surface area contributed by atoms with Gasteiger partial charge in [-0.3, -0.25) is 9.52 Å². The van der Waals surface area contributed by atoms with Gasteiger partial charge in [-0.05, 0) is 30.5 Å². The molecular weight excluding hydrogens is 295 g/mol. The van der Waals surface area contributed by atoms with E-state index in [0.29, 0.717) is 12.0 Å². The first kappa shape index (κ1) is 17.1. The highest BCUT2D eigenvalue weighted by Crippen LogP contribution is 2.20. The van der Waals surface area contributed by atoms with Crippen LogP contribution in [0.25, 0.3) is 0 Å². The molecular formula is C14H17FN2O3S. The summed E-state index contributed by atoms with van der Waals surface area (Å²) in [6.45, 7) is 1.75. The second-order valence-electron chi connectivity index (χ2n) is 4.56. The van der Waals surface area contributed by atoms with Gasteiger partial charge in [0.2, 0.25) is 15.9 Å². The zero-order valence-corrected chi connectivity index (χ0v) is 12.5. The van der Waals surface area contributed by atoms with Gasteiger partial charge in [0, 0.05) is 6.42 Å². The van der Waals surface area contributed by atoms with Gasteiger partial charge in [0.1, 0.15) is 5.82 Å². The number of nitriles is 1. The molecule has 1 amide bonds. The number of hydrogen-bond donors (Lipinski definition) is 1. The molecule has 1 rings (SSSR count). The molecule has 1 aromatic carbocycles. The summed E-state index contributed by atoms with van der Waals surface area (Å²) in [5, 5.41) is 8.38. The number of carbonyl (C=O) groups excluding carboxylic acids is 1. The number of carbonyl (C=O) groups is 1. The molecule has 1 atom stereocenters. The number of halogens is 1. The molecule has 114 valence electrons. The molecule has 0 bridgehead atoms. The van der Waals surface area contributed by atoms with Crippen LogP contribution >= 0.6 is 0 Å². The maximum absolute atomic E-state index is 12.9. The van der Waals surface area contributed by atoms with E-state index in [4.69, 9.17) is 5.26 Å². The Hall–Kier alpha value is -1.94. The lowest BCUT2D eigenvalue weighted by Crippen LogP contribution is -2.36. The van der Waals surface area contributed by atoms with Crippen LogP contribution in [-0.2, 0) is 14.8 Å². The Bertz CT molecular complexity index is 621. The van der Waals surface area contributed by atoms with Crippen LogP contribution in [0.1, 0.15) is 37.7 Å². The van der Waals surface area contributed by atoms with E-state index in [1.807, 2.05) is 10.8 Å². The van der Waals surface area contributed by atoms with Gasteiger partial charge in [0.25, 0.3) is 0 Å². The van der Waals surface area contributed by atoms with Crippen LogP contribution in [0.2, 0.25) is 0 Å². The molecule has 0 heterocycles. The number of nitrogens with zero attached hydrogens (tertiary/aromatic N) is 1. The van der Waals surface area contributed by atoms with Crippen LogP contribution < -0.4 is 4.72 Å². The number of unbranched alkanes of at least 4 members (excludes halogenated alkanes) is 1. The molecule has 1 N–H and O–H groups in total. The maximum atomic E-state index is 12.9. The number of nitrogens with one attached hydrogen (secondary N) is 1. The SMILES string of the molecule is CC[C@@H](C(=O)NS(=O)(=O)CCCC#N)c1ccc(F)cc1. The standard InChI is InChI=1S/C14H17FN2O3S/c1-2-13(11-5-7-12(15)8-6-11)14(18)17-21(19,20)10-4-3-9-16/h5-8,13H,2-4,10H2,1H3,(H,17,18)/t13-/m1/s1. The van der Waals surface area contributed by atoms with E-state index < -0.39 is 27.7 Å². The number of hydrogen-bond acceptors (Lipinski definition) is 4. The fraction of sp³-hybridized carbons (Fsp3) is 0.429. The first-order chi connectivity index (χ1) is 9.89. The number of rotatable bonds is 7. The first-order valence-electron chi connectivity index (χ1n) is 6.56. The van der Waals surface area contributed by atoms with Crippen molar-refractivity contribution in [1.29, 1.82) is 5.26 Å². The summed E-state index contributed by atoms with van der Waals surface area (Å²) in [7, 11) is -3.75. The Kier molecular flexibility index (Phi) is 6.31. The summed E-state index contributed by atoms with van der Waals surface area (Å²) in [5.41, 5.74) is 0.559. The minimum absolute atomic E-state index is 0.115. The van der Waals surface area contributed by atoms with E-state index in [2.05, 4.69) is 0 Å². The van der Waals surface area contributed by atoms with Crippen molar-refractivity contribution in [3.8, 4) is 6.07 Å². The van der Waals surface area contributed by atoms with Gasteiger partial charge in [0.15, 0.2) is 0 Å². The van der Waals surface area contributed by atoms with Crippen molar-refractivity contribution in [1.82, 2.24) is 4.72 Å². The second kappa shape index (κ2) is 7.74. The number of sulfonamides is 1. The van der Waals surface area contributed by atoms with E-state index in [-0.39, 0.29) is 18.6 Å². The molecule has 1 aromatic rings. The molecule has 0 unspecified atom stereocenters. The van der Waals surface area contributed by atoms with Gasteiger partial charge in [0.05, 0.1) is 17.7 Å². The number of amides is 1. The highest BCUT2D eigenvalue weighted by molar-refractivity contribution is 7.90. The Morgan fingerprint density at radius 1 is 1.38 bits per heavy atom. The normalized spacial score (nSPS) is 12.4. The summed E-state index contributed by atoms with van der Waals surface area (Å²) in [6.07, 6.45) is 0.682. The predicted molar refractivity (Wildman–Crippen MR) is 76.2 cm³/mol. The molecule has 0 aliphatic carbocycles. The summed E-state index contributed by atoms with van der Waals surface area (Å²) >= 11 is 0. The van der Waals surface area contributed by atoms with Crippen LogP contribution in [0.3, 0.4) is 0 Å². The van der Waals surface area contributed by atoms with Crippen molar-refractivity contribution in [2.24, 2.45) is 0 Å². The lowest BCUT2D eigenvalue weighted by molar-refractivity contribution is -0.120. The average Bonchev–Trinajstić information content (AvgIpc) is 2.41. The van der Waals surface area contributed by atoms with E-state index in [0.717, 1.165) is 0 Å². The highest BCUT2D eigenvalue weighted by atomic mass is 32.2. The lowest BCUT2D eigenvalue weighted by Gasteiger charge is -2.15. The predicted octanol–water partition coefficient (Wildman–Crippen LogP) is 2.07. The molecule has 0 saturated carbocycles. The Labute approximate surface area is 123 Å². The Morgan fingerprint density at radius 2 is 2.00 bits per heavy atom. The van der Waals surface area contributed by atoms with Gasteiger partial charge < -0.3 is 0 Å². The molecule has 21 heavy (non-hydrogen) atoms. The monoisotopic (exact) mass is 312 g/mol. The Balaban J connectivity index is 2.76. The molecule has 0 aliphatic rings. The average molecular weight is 312 g/mol. The molecule has 0 aromatic heterocycles. The molecule has 7 heteroatoms.